The van der Waals surface area contributed by atoms with Crippen LogP contribution in [0.15, 0.2) is 0 Å². The fraction of sp³-hybridized carbons (Fsp3) is 0.933. The molecule has 2 heterocycles. The van der Waals surface area contributed by atoms with Crippen molar-refractivity contribution < 1.29 is 5.11 Å². The first-order chi connectivity index (χ1) is 8.61. The Labute approximate surface area is 110 Å². The predicted octanol–water partition coefficient (Wildman–Crippen LogP) is 2.31. The molecule has 18 heavy (non-hydrogen) atoms. The van der Waals surface area contributed by atoms with Crippen LogP contribution in [0.25, 0.3) is 0 Å². The van der Waals surface area contributed by atoms with Crippen LogP contribution in [0.1, 0.15) is 51.9 Å². The standard InChI is InChI=1S/C15H24N2O/c1-12-5-6-14(10-12,11-16)15(18)7-9-17-8-3-2-4-13(15)17/h12-13,18H,2-10H2,1H3. The molecule has 0 bridgehead atoms. The summed E-state index contributed by atoms with van der Waals surface area (Å²) in [5.74, 6) is 0.589. The highest BCUT2D eigenvalue weighted by atomic mass is 16.3. The number of hydrogen-bond acceptors (Lipinski definition) is 3. The normalized spacial score (nSPS) is 48.9. The van der Waals surface area contributed by atoms with Gasteiger partial charge < -0.3 is 5.11 Å². The summed E-state index contributed by atoms with van der Waals surface area (Å²) < 4.78 is 0. The minimum atomic E-state index is -0.743. The Morgan fingerprint density at radius 1 is 1.22 bits per heavy atom. The second kappa shape index (κ2) is 4.21. The number of piperidine rings is 1. The molecular weight excluding hydrogens is 224 g/mol. The van der Waals surface area contributed by atoms with Gasteiger partial charge in [0.15, 0.2) is 0 Å². The molecule has 0 amide bonds. The molecule has 3 fully saturated rings. The summed E-state index contributed by atoms with van der Waals surface area (Å²) in [6.45, 7) is 4.32. The zero-order chi connectivity index (χ0) is 12.8. The van der Waals surface area contributed by atoms with Crippen molar-refractivity contribution in [1.82, 2.24) is 4.90 Å². The predicted molar refractivity (Wildman–Crippen MR) is 69.8 cm³/mol. The molecule has 1 aliphatic carbocycles. The third kappa shape index (κ3) is 1.55. The topological polar surface area (TPSA) is 47.3 Å². The van der Waals surface area contributed by atoms with Crippen molar-refractivity contribution in [3.05, 3.63) is 0 Å². The minimum Gasteiger partial charge on any atom is -0.387 e. The Kier molecular flexibility index (Phi) is 2.91. The lowest BCUT2D eigenvalue weighted by atomic mass is 9.66. The van der Waals surface area contributed by atoms with E-state index in [0.29, 0.717) is 5.92 Å². The van der Waals surface area contributed by atoms with Gasteiger partial charge in [0.2, 0.25) is 0 Å². The Morgan fingerprint density at radius 3 is 2.72 bits per heavy atom. The molecule has 0 radical (unpaired) electrons. The van der Waals surface area contributed by atoms with Crippen LogP contribution in [-0.2, 0) is 0 Å². The molecule has 4 atom stereocenters. The summed E-state index contributed by atoms with van der Waals surface area (Å²) in [5, 5.41) is 21.0. The van der Waals surface area contributed by atoms with Crippen molar-refractivity contribution in [2.75, 3.05) is 13.1 Å². The molecule has 100 valence electrons. The first kappa shape index (κ1) is 12.4. The molecule has 0 spiro atoms. The Bertz CT molecular complexity index is 377. The fourth-order valence-electron chi connectivity index (χ4n) is 4.72. The van der Waals surface area contributed by atoms with E-state index < -0.39 is 11.0 Å². The van der Waals surface area contributed by atoms with Crippen molar-refractivity contribution in [1.29, 1.82) is 5.26 Å². The van der Waals surface area contributed by atoms with E-state index in [1.54, 1.807) is 0 Å². The Balaban J connectivity index is 1.92. The van der Waals surface area contributed by atoms with Crippen LogP contribution in [0, 0.1) is 22.7 Å². The Hall–Kier alpha value is -0.590. The zero-order valence-corrected chi connectivity index (χ0v) is 11.4. The molecular formula is C15H24N2O. The molecule has 2 saturated heterocycles. The molecule has 3 nitrogen and oxygen atoms in total. The number of fused-ring (bicyclic) bond motifs is 1. The average Bonchev–Trinajstić information content (AvgIpc) is 2.94. The first-order valence-electron chi connectivity index (χ1n) is 7.49. The van der Waals surface area contributed by atoms with E-state index in [1.807, 2.05) is 0 Å². The van der Waals surface area contributed by atoms with E-state index in [4.69, 9.17) is 0 Å². The molecule has 0 aromatic heterocycles. The van der Waals surface area contributed by atoms with Crippen molar-refractivity contribution in [2.24, 2.45) is 11.3 Å². The van der Waals surface area contributed by atoms with Crippen LogP contribution in [0.4, 0.5) is 0 Å². The van der Waals surface area contributed by atoms with Crippen LogP contribution < -0.4 is 0 Å². The van der Waals surface area contributed by atoms with Gasteiger partial charge in [0.1, 0.15) is 0 Å². The van der Waals surface area contributed by atoms with Gasteiger partial charge in [0.25, 0.3) is 0 Å². The number of hydrogen-bond donors (Lipinski definition) is 1. The van der Waals surface area contributed by atoms with Gasteiger partial charge in [-0.15, -0.1) is 0 Å². The van der Waals surface area contributed by atoms with Crippen molar-refractivity contribution in [2.45, 2.75) is 63.5 Å². The molecule has 1 saturated carbocycles. The molecule has 3 aliphatic rings. The molecule has 0 aromatic rings. The van der Waals surface area contributed by atoms with Gasteiger partial charge in [0.05, 0.1) is 17.1 Å². The highest BCUT2D eigenvalue weighted by Gasteiger charge is 2.61. The Morgan fingerprint density at radius 2 is 2.06 bits per heavy atom. The maximum atomic E-state index is 11.3. The van der Waals surface area contributed by atoms with Crippen LogP contribution in [-0.4, -0.2) is 34.7 Å². The van der Waals surface area contributed by atoms with Crippen LogP contribution >= 0.6 is 0 Å². The summed E-state index contributed by atoms with van der Waals surface area (Å²) in [7, 11) is 0. The lowest BCUT2D eigenvalue weighted by Gasteiger charge is -2.45. The molecule has 3 rings (SSSR count). The van der Waals surface area contributed by atoms with Crippen molar-refractivity contribution in [3.8, 4) is 6.07 Å². The highest BCUT2D eigenvalue weighted by Crippen LogP contribution is 2.55. The van der Waals surface area contributed by atoms with Gasteiger partial charge in [0, 0.05) is 12.6 Å². The smallest absolute Gasteiger partial charge is 0.0999 e. The maximum absolute atomic E-state index is 11.3. The van der Waals surface area contributed by atoms with Crippen LogP contribution in [0.3, 0.4) is 0 Å². The van der Waals surface area contributed by atoms with E-state index in [-0.39, 0.29) is 6.04 Å². The highest BCUT2D eigenvalue weighted by molar-refractivity contribution is 5.21. The average molecular weight is 248 g/mol. The second-order valence-corrected chi connectivity index (χ2v) is 6.76. The molecule has 0 aromatic carbocycles. The van der Waals surface area contributed by atoms with Gasteiger partial charge in [-0.05, 0) is 51.0 Å². The molecule has 4 unspecified atom stereocenters. The summed E-state index contributed by atoms with van der Waals surface area (Å²) in [5.41, 5.74) is -1.21. The summed E-state index contributed by atoms with van der Waals surface area (Å²) in [6.07, 6.45) is 7.23. The van der Waals surface area contributed by atoms with Crippen molar-refractivity contribution >= 4 is 0 Å². The van der Waals surface area contributed by atoms with Gasteiger partial charge in [-0.2, -0.15) is 5.26 Å². The van der Waals surface area contributed by atoms with E-state index in [0.717, 1.165) is 45.2 Å². The quantitative estimate of drug-likeness (QED) is 0.774. The third-order valence-corrected chi connectivity index (χ3v) is 5.75. The van der Waals surface area contributed by atoms with Gasteiger partial charge in [-0.1, -0.05) is 13.3 Å². The maximum Gasteiger partial charge on any atom is 0.0999 e. The van der Waals surface area contributed by atoms with Gasteiger partial charge in [-0.3, -0.25) is 4.90 Å². The molecule has 3 heteroatoms. The minimum absolute atomic E-state index is 0.246. The molecule has 2 aliphatic heterocycles. The number of nitriles is 1. The van der Waals surface area contributed by atoms with E-state index in [9.17, 15) is 10.4 Å². The number of nitrogens with zero attached hydrogens (tertiary/aromatic N) is 2. The molecule has 1 N–H and O–H groups in total. The monoisotopic (exact) mass is 248 g/mol. The SMILES string of the molecule is CC1CCC(C#N)(C2(O)CCN3CCCCC32)C1. The fourth-order valence-corrected chi connectivity index (χ4v) is 4.72. The summed E-state index contributed by atoms with van der Waals surface area (Å²) in [4.78, 5) is 2.44. The number of aliphatic hydroxyl groups is 1. The lowest BCUT2D eigenvalue weighted by molar-refractivity contribution is -0.0862. The van der Waals surface area contributed by atoms with Gasteiger partial charge >= 0.3 is 0 Å². The van der Waals surface area contributed by atoms with Gasteiger partial charge in [-0.25, -0.2) is 0 Å². The van der Waals surface area contributed by atoms with Crippen molar-refractivity contribution in [3.63, 3.8) is 0 Å². The lowest BCUT2D eigenvalue weighted by Crippen LogP contribution is -2.56. The zero-order valence-electron chi connectivity index (χ0n) is 11.4. The van der Waals surface area contributed by atoms with E-state index in [2.05, 4.69) is 17.9 Å². The number of rotatable bonds is 1. The van der Waals surface area contributed by atoms with Crippen LogP contribution in [0.2, 0.25) is 0 Å². The van der Waals surface area contributed by atoms with E-state index in [1.165, 1.54) is 12.8 Å². The summed E-state index contributed by atoms with van der Waals surface area (Å²) >= 11 is 0. The van der Waals surface area contributed by atoms with E-state index >= 15 is 0 Å². The largest absolute Gasteiger partial charge is 0.387 e. The van der Waals surface area contributed by atoms with Crippen LogP contribution in [0.5, 0.6) is 0 Å². The second-order valence-electron chi connectivity index (χ2n) is 6.76. The summed E-state index contributed by atoms with van der Waals surface area (Å²) in [6, 6.07) is 2.79. The third-order valence-electron chi connectivity index (χ3n) is 5.75. The first-order valence-corrected chi connectivity index (χ1v) is 7.49.